The van der Waals surface area contributed by atoms with Crippen LogP contribution in [0, 0.1) is 6.92 Å². The molecule has 1 heterocycles. The smallest absolute Gasteiger partial charge is 0.136 e. The molecule has 132 valence electrons. The zero-order chi connectivity index (χ0) is 18.7. The van der Waals surface area contributed by atoms with Gasteiger partial charge in [0.25, 0.3) is 0 Å². The Hall–Kier alpha value is -3.58. The summed E-state index contributed by atoms with van der Waals surface area (Å²) < 4.78 is 6.23. The van der Waals surface area contributed by atoms with Crippen molar-refractivity contribution in [3.05, 3.63) is 96.6 Å². The number of furan rings is 1. The molecule has 0 radical (unpaired) electrons. The van der Waals surface area contributed by atoms with Crippen LogP contribution >= 0.6 is 0 Å². The highest BCUT2D eigenvalue weighted by Gasteiger charge is 2.14. The van der Waals surface area contributed by atoms with Gasteiger partial charge in [0, 0.05) is 10.8 Å². The predicted octanol–water partition coefficient (Wildman–Crippen LogP) is 7.87. The summed E-state index contributed by atoms with van der Waals surface area (Å²) in [5.74, 6) is 0. The minimum Gasteiger partial charge on any atom is -0.456 e. The van der Waals surface area contributed by atoms with Gasteiger partial charge in [-0.05, 0) is 57.8 Å². The van der Waals surface area contributed by atoms with Crippen LogP contribution in [0.3, 0.4) is 0 Å². The zero-order valence-corrected chi connectivity index (χ0v) is 15.6. The van der Waals surface area contributed by atoms with Gasteiger partial charge < -0.3 is 4.42 Å². The second kappa shape index (κ2) is 5.71. The number of aryl methyl sites for hydroxylation is 1. The highest BCUT2D eigenvalue weighted by molar-refractivity contribution is 6.26. The van der Waals surface area contributed by atoms with E-state index in [2.05, 4.69) is 97.9 Å². The molecule has 0 bridgehead atoms. The Morgan fingerprint density at radius 1 is 0.536 bits per heavy atom. The molecule has 1 nitrogen and oxygen atoms in total. The van der Waals surface area contributed by atoms with Gasteiger partial charge in [-0.25, -0.2) is 0 Å². The van der Waals surface area contributed by atoms with E-state index in [1.807, 2.05) is 0 Å². The summed E-state index contributed by atoms with van der Waals surface area (Å²) in [6.07, 6.45) is 0. The topological polar surface area (TPSA) is 13.1 Å². The van der Waals surface area contributed by atoms with Crippen molar-refractivity contribution >= 4 is 43.5 Å². The zero-order valence-electron chi connectivity index (χ0n) is 15.6. The standard InChI is InChI=1S/C27H18O/c1-17-5-4-7-20(15-17)21-10-9-19-12-14-25-27(23(19)16-21)26-22-8-3-2-6-18(22)11-13-24(26)28-25/h2-16H,1H3. The van der Waals surface area contributed by atoms with Crippen molar-refractivity contribution in [3.63, 3.8) is 0 Å². The molecular formula is C27H18O. The van der Waals surface area contributed by atoms with Gasteiger partial charge in [-0.3, -0.25) is 0 Å². The SMILES string of the molecule is Cc1cccc(-c2ccc3ccc4oc5ccc6ccccc6c5c4c3c2)c1. The molecule has 0 N–H and O–H groups in total. The Labute approximate surface area is 162 Å². The van der Waals surface area contributed by atoms with Crippen molar-refractivity contribution in [1.82, 2.24) is 0 Å². The average molecular weight is 358 g/mol. The first-order valence-corrected chi connectivity index (χ1v) is 9.62. The summed E-state index contributed by atoms with van der Waals surface area (Å²) >= 11 is 0. The number of hydrogen-bond acceptors (Lipinski definition) is 1. The van der Waals surface area contributed by atoms with Gasteiger partial charge in [0.15, 0.2) is 0 Å². The number of rotatable bonds is 1. The molecule has 0 atom stereocenters. The van der Waals surface area contributed by atoms with E-state index in [0.29, 0.717) is 0 Å². The van der Waals surface area contributed by atoms with E-state index in [9.17, 15) is 0 Å². The van der Waals surface area contributed by atoms with Gasteiger partial charge in [-0.1, -0.05) is 78.4 Å². The Bertz CT molecular complexity index is 1520. The Balaban J connectivity index is 1.78. The molecule has 0 unspecified atom stereocenters. The van der Waals surface area contributed by atoms with E-state index in [-0.39, 0.29) is 0 Å². The first-order chi connectivity index (χ1) is 13.8. The fourth-order valence-corrected chi connectivity index (χ4v) is 4.36. The third-order valence-corrected chi connectivity index (χ3v) is 5.70. The van der Waals surface area contributed by atoms with Crippen LogP contribution in [-0.4, -0.2) is 0 Å². The summed E-state index contributed by atoms with van der Waals surface area (Å²) in [5, 5.41) is 7.38. The van der Waals surface area contributed by atoms with Crippen molar-refractivity contribution in [2.45, 2.75) is 6.92 Å². The summed E-state index contributed by atoms with van der Waals surface area (Å²) in [5.41, 5.74) is 5.65. The Morgan fingerprint density at radius 3 is 2.04 bits per heavy atom. The highest BCUT2D eigenvalue weighted by atomic mass is 16.3. The lowest BCUT2D eigenvalue weighted by Crippen LogP contribution is -1.82. The van der Waals surface area contributed by atoms with Crippen LogP contribution in [0.5, 0.6) is 0 Å². The lowest BCUT2D eigenvalue weighted by Gasteiger charge is -2.07. The maximum atomic E-state index is 6.23. The lowest BCUT2D eigenvalue weighted by molar-refractivity contribution is 0.669. The summed E-state index contributed by atoms with van der Waals surface area (Å²) in [7, 11) is 0. The van der Waals surface area contributed by atoms with E-state index in [4.69, 9.17) is 4.42 Å². The van der Waals surface area contributed by atoms with Gasteiger partial charge in [-0.2, -0.15) is 0 Å². The molecule has 6 aromatic rings. The first kappa shape index (κ1) is 15.5. The van der Waals surface area contributed by atoms with Crippen molar-refractivity contribution in [1.29, 1.82) is 0 Å². The summed E-state index contributed by atoms with van der Waals surface area (Å²) in [6.45, 7) is 2.14. The molecule has 0 aliphatic rings. The van der Waals surface area contributed by atoms with E-state index < -0.39 is 0 Å². The fourth-order valence-electron chi connectivity index (χ4n) is 4.36. The molecule has 0 fully saturated rings. The van der Waals surface area contributed by atoms with Crippen molar-refractivity contribution < 1.29 is 4.42 Å². The summed E-state index contributed by atoms with van der Waals surface area (Å²) in [4.78, 5) is 0. The first-order valence-electron chi connectivity index (χ1n) is 9.62. The minimum absolute atomic E-state index is 0.945. The predicted molar refractivity (Wildman–Crippen MR) is 119 cm³/mol. The van der Waals surface area contributed by atoms with Crippen LogP contribution in [0.15, 0.2) is 95.4 Å². The van der Waals surface area contributed by atoms with Crippen LogP contribution in [0.1, 0.15) is 5.56 Å². The molecule has 0 saturated heterocycles. The van der Waals surface area contributed by atoms with Crippen LogP contribution in [0.2, 0.25) is 0 Å². The maximum Gasteiger partial charge on any atom is 0.136 e. The molecule has 1 aromatic heterocycles. The number of hydrogen-bond donors (Lipinski definition) is 0. The number of benzene rings is 5. The van der Waals surface area contributed by atoms with Crippen molar-refractivity contribution in [3.8, 4) is 11.1 Å². The summed E-state index contributed by atoms with van der Waals surface area (Å²) in [6, 6.07) is 32.4. The van der Waals surface area contributed by atoms with E-state index >= 15 is 0 Å². The van der Waals surface area contributed by atoms with Crippen molar-refractivity contribution in [2.24, 2.45) is 0 Å². The third-order valence-electron chi connectivity index (χ3n) is 5.70. The van der Waals surface area contributed by atoms with E-state index in [1.54, 1.807) is 0 Å². The number of fused-ring (bicyclic) bond motifs is 7. The normalized spacial score (nSPS) is 11.8. The molecule has 0 spiro atoms. The molecular weight excluding hydrogens is 340 g/mol. The molecule has 0 aliphatic heterocycles. The molecule has 1 heteroatoms. The van der Waals surface area contributed by atoms with Crippen LogP contribution in [-0.2, 0) is 0 Å². The quantitative estimate of drug-likeness (QED) is 0.291. The highest BCUT2D eigenvalue weighted by Crippen LogP contribution is 2.39. The molecule has 0 aliphatic carbocycles. The van der Waals surface area contributed by atoms with Gasteiger partial charge in [0.2, 0.25) is 0 Å². The fraction of sp³-hybridized carbons (Fsp3) is 0.0370. The second-order valence-corrected chi connectivity index (χ2v) is 7.51. The van der Waals surface area contributed by atoms with Gasteiger partial charge in [-0.15, -0.1) is 0 Å². The minimum atomic E-state index is 0.945. The van der Waals surface area contributed by atoms with Crippen LogP contribution < -0.4 is 0 Å². The second-order valence-electron chi connectivity index (χ2n) is 7.51. The molecule has 0 saturated carbocycles. The third kappa shape index (κ3) is 2.20. The lowest BCUT2D eigenvalue weighted by atomic mass is 9.96. The van der Waals surface area contributed by atoms with Gasteiger partial charge in [0.1, 0.15) is 11.2 Å². The Morgan fingerprint density at radius 2 is 1.21 bits per heavy atom. The van der Waals surface area contributed by atoms with Crippen molar-refractivity contribution in [2.75, 3.05) is 0 Å². The monoisotopic (exact) mass is 358 g/mol. The molecule has 6 rings (SSSR count). The van der Waals surface area contributed by atoms with E-state index in [0.717, 1.165) is 11.2 Å². The van der Waals surface area contributed by atoms with Gasteiger partial charge in [0.05, 0.1) is 0 Å². The Kier molecular flexibility index (Phi) is 3.15. The average Bonchev–Trinajstić information content (AvgIpc) is 3.13. The largest absolute Gasteiger partial charge is 0.456 e. The molecule has 5 aromatic carbocycles. The van der Waals surface area contributed by atoms with Crippen LogP contribution in [0.25, 0.3) is 54.6 Å². The van der Waals surface area contributed by atoms with E-state index in [1.165, 1.54) is 49.0 Å². The maximum absolute atomic E-state index is 6.23. The molecule has 0 amide bonds. The van der Waals surface area contributed by atoms with Crippen LogP contribution in [0.4, 0.5) is 0 Å². The van der Waals surface area contributed by atoms with Gasteiger partial charge >= 0.3 is 0 Å². The molecule has 28 heavy (non-hydrogen) atoms.